The molecule has 1 atom stereocenters. The quantitative estimate of drug-likeness (QED) is 0.784. The minimum absolute atomic E-state index is 0.0161. The van der Waals surface area contributed by atoms with Gasteiger partial charge in [-0.2, -0.15) is 0 Å². The molecule has 1 heterocycles. The van der Waals surface area contributed by atoms with E-state index in [4.69, 9.17) is 0 Å². The van der Waals surface area contributed by atoms with Crippen LogP contribution in [0.3, 0.4) is 0 Å². The van der Waals surface area contributed by atoms with Gasteiger partial charge in [-0.3, -0.25) is 9.59 Å². The molecule has 1 saturated heterocycles. The maximum Gasteiger partial charge on any atom is 0.225 e. The first-order valence-corrected chi connectivity index (χ1v) is 6.18. The lowest BCUT2D eigenvalue weighted by Crippen LogP contribution is -2.48. The van der Waals surface area contributed by atoms with Gasteiger partial charge in [0.05, 0.1) is 5.92 Å². The highest BCUT2D eigenvalue weighted by Gasteiger charge is 2.33. The summed E-state index contributed by atoms with van der Waals surface area (Å²) in [6.07, 6.45) is 1.22. The zero-order chi connectivity index (χ0) is 13.3. The van der Waals surface area contributed by atoms with Gasteiger partial charge in [-0.25, -0.2) is 0 Å². The van der Waals surface area contributed by atoms with Gasteiger partial charge in [0.25, 0.3) is 0 Å². The fourth-order valence-electron chi connectivity index (χ4n) is 2.60. The maximum atomic E-state index is 12.0. The van der Waals surface area contributed by atoms with E-state index in [0.29, 0.717) is 13.0 Å². The van der Waals surface area contributed by atoms with E-state index in [2.05, 4.69) is 31.4 Å². The van der Waals surface area contributed by atoms with Crippen LogP contribution in [0.1, 0.15) is 47.5 Å². The van der Waals surface area contributed by atoms with Crippen molar-refractivity contribution in [1.29, 1.82) is 0 Å². The number of rotatable bonds is 3. The van der Waals surface area contributed by atoms with Crippen molar-refractivity contribution < 1.29 is 9.59 Å². The van der Waals surface area contributed by atoms with Crippen molar-refractivity contribution in [3.63, 3.8) is 0 Å². The Morgan fingerprint density at radius 3 is 2.35 bits per heavy atom. The Morgan fingerprint density at radius 1 is 1.35 bits per heavy atom. The molecular formula is C13H24N2O2. The summed E-state index contributed by atoms with van der Waals surface area (Å²) in [6, 6.07) is 0. The molecule has 1 fully saturated rings. The summed E-state index contributed by atoms with van der Waals surface area (Å²) in [7, 11) is 0. The van der Waals surface area contributed by atoms with E-state index >= 15 is 0 Å². The van der Waals surface area contributed by atoms with Crippen molar-refractivity contribution in [2.24, 2.45) is 11.3 Å². The average molecular weight is 240 g/mol. The van der Waals surface area contributed by atoms with Gasteiger partial charge >= 0.3 is 0 Å². The van der Waals surface area contributed by atoms with Crippen molar-refractivity contribution in [3.8, 4) is 0 Å². The molecule has 0 aromatic rings. The van der Waals surface area contributed by atoms with Gasteiger partial charge in [0.1, 0.15) is 0 Å². The van der Waals surface area contributed by atoms with Crippen LogP contribution in [0.15, 0.2) is 0 Å². The summed E-state index contributed by atoms with van der Waals surface area (Å²) in [5.74, 6) is -0.252. The van der Waals surface area contributed by atoms with Crippen molar-refractivity contribution in [1.82, 2.24) is 10.6 Å². The minimum atomic E-state index is -0.235. The molecule has 0 unspecified atom stereocenters. The Bertz CT molecular complexity index is 316. The zero-order valence-electron chi connectivity index (χ0n) is 11.5. The van der Waals surface area contributed by atoms with Crippen molar-refractivity contribution in [2.45, 2.75) is 53.0 Å². The van der Waals surface area contributed by atoms with Gasteiger partial charge in [-0.15, -0.1) is 0 Å². The third-order valence-electron chi connectivity index (χ3n) is 2.78. The second-order valence-corrected chi connectivity index (χ2v) is 6.82. The third-order valence-corrected chi connectivity index (χ3v) is 2.78. The summed E-state index contributed by atoms with van der Waals surface area (Å²) >= 11 is 0. The molecular weight excluding hydrogens is 216 g/mol. The molecule has 1 aliphatic rings. The Labute approximate surface area is 104 Å². The van der Waals surface area contributed by atoms with Gasteiger partial charge in [-0.05, 0) is 25.7 Å². The molecule has 98 valence electrons. The number of amides is 2. The molecule has 1 rings (SSSR count). The second-order valence-electron chi connectivity index (χ2n) is 6.82. The molecule has 4 heteroatoms. The fraction of sp³-hybridized carbons (Fsp3) is 0.846. The number of hydrogen-bond acceptors (Lipinski definition) is 2. The van der Waals surface area contributed by atoms with E-state index in [1.54, 1.807) is 0 Å². The predicted molar refractivity (Wildman–Crippen MR) is 67.4 cm³/mol. The Balaban J connectivity index is 2.52. The van der Waals surface area contributed by atoms with Crippen LogP contribution in [0.2, 0.25) is 0 Å². The first kappa shape index (κ1) is 14.0. The Morgan fingerprint density at radius 2 is 1.94 bits per heavy atom. The molecule has 0 aliphatic carbocycles. The van der Waals surface area contributed by atoms with E-state index in [1.807, 2.05) is 13.8 Å². The topological polar surface area (TPSA) is 58.2 Å². The Hall–Kier alpha value is -1.06. The summed E-state index contributed by atoms with van der Waals surface area (Å²) in [6.45, 7) is 11.0. The van der Waals surface area contributed by atoms with Crippen molar-refractivity contribution in [3.05, 3.63) is 0 Å². The van der Waals surface area contributed by atoms with Gasteiger partial charge in [-0.1, -0.05) is 20.8 Å². The monoisotopic (exact) mass is 240 g/mol. The van der Waals surface area contributed by atoms with E-state index in [1.165, 1.54) is 0 Å². The molecule has 17 heavy (non-hydrogen) atoms. The van der Waals surface area contributed by atoms with Gasteiger partial charge < -0.3 is 10.6 Å². The zero-order valence-corrected chi connectivity index (χ0v) is 11.5. The molecule has 0 saturated carbocycles. The maximum absolute atomic E-state index is 12.0. The molecule has 0 aromatic heterocycles. The van der Waals surface area contributed by atoms with Gasteiger partial charge in [0.15, 0.2) is 0 Å². The van der Waals surface area contributed by atoms with Gasteiger partial charge in [0, 0.05) is 18.5 Å². The molecule has 0 spiro atoms. The normalized spacial score (nSPS) is 21.2. The van der Waals surface area contributed by atoms with Crippen LogP contribution in [0, 0.1) is 11.3 Å². The molecule has 4 nitrogen and oxygen atoms in total. The molecule has 2 amide bonds. The second kappa shape index (κ2) is 4.67. The number of carbonyl (C=O) groups excluding carboxylic acids is 2. The van der Waals surface area contributed by atoms with Crippen LogP contribution >= 0.6 is 0 Å². The summed E-state index contributed by atoms with van der Waals surface area (Å²) in [5.41, 5.74) is -0.0680. The van der Waals surface area contributed by atoms with Crippen molar-refractivity contribution in [2.75, 3.05) is 6.54 Å². The lowest BCUT2D eigenvalue weighted by Gasteiger charge is -2.34. The lowest BCUT2D eigenvalue weighted by molar-refractivity contribution is -0.128. The van der Waals surface area contributed by atoms with Crippen LogP contribution in [0.5, 0.6) is 0 Å². The highest BCUT2D eigenvalue weighted by Crippen LogP contribution is 2.27. The molecule has 1 aliphatic heterocycles. The van der Waals surface area contributed by atoms with E-state index in [-0.39, 0.29) is 28.7 Å². The first-order valence-electron chi connectivity index (χ1n) is 6.18. The summed E-state index contributed by atoms with van der Waals surface area (Å²) in [4.78, 5) is 23.1. The number of carbonyl (C=O) groups is 2. The first-order chi connectivity index (χ1) is 7.59. The molecule has 0 radical (unpaired) electrons. The highest BCUT2D eigenvalue weighted by molar-refractivity contribution is 5.89. The van der Waals surface area contributed by atoms with Crippen LogP contribution in [0.4, 0.5) is 0 Å². The van der Waals surface area contributed by atoms with Gasteiger partial charge in [0.2, 0.25) is 11.8 Å². The molecule has 0 aromatic carbocycles. The van der Waals surface area contributed by atoms with Crippen molar-refractivity contribution >= 4 is 11.8 Å². The SMILES string of the molecule is CC(C)(C)CC(C)(C)NC(=O)[C@H]1CNC(=O)C1. The minimum Gasteiger partial charge on any atom is -0.355 e. The molecule has 0 bridgehead atoms. The third kappa shape index (κ3) is 4.75. The van der Waals surface area contributed by atoms with Crippen LogP contribution in [0.25, 0.3) is 0 Å². The summed E-state index contributed by atoms with van der Waals surface area (Å²) < 4.78 is 0. The van der Waals surface area contributed by atoms with Crippen LogP contribution in [-0.4, -0.2) is 23.9 Å². The van der Waals surface area contributed by atoms with E-state index in [0.717, 1.165) is 6.42 Å². The van der Waals surface area contributed by atoms with Crippen LogP contribution < -0.4 is 10.6 Å². The largest absolute Gasteiger partial charge is 0.355 e. The lowest BCUT2D eigenvalue weighted by atomic mass is 9.81. The molecule has 2 N–H and O–H groups in total. The van der Waals surface area contributed by atoms with E-state index < -0.39 is 0 Å². The average Bonchev–Trinajstić information content (AvgIpc) is 2.45. The number of hydrogen-bond donors (Lipinski definition) is 2. The Kier molecular flexibility index (Phi) is 3.84. The van der Waals surface area contributed by atoms with Crippen LogP contribution in [-0.2, 0) is 9.59 Å². The number of nitrogens with one attached hydrogen (secondary N) is 2. The standard InChI is InChI=1S/C13H24N2O2/c1-12(2,3)8-13(4,5)15-11(17)9-6-10(16)14-7-9/h9H,6-8H2,1-5H3,(H,14,16)(H,15,17)/t9-/m1/s1. The van der Waals surface area contributed by atoms with E-state index in [9.17, 15) is 9.59 Å². The predicted octanol–water partition coefficient (Wildman–Crippen LogP) is 1.45. The summed E-state index contributed by atoms with van der Waals surface area (Å²) in [5, 5.41) is 5.73. The smallest absolute Gasteiger partial charge is 0.225 e. The fourth-order valence-corrected chi connectivity index (χ4v) is 2.60. The highest BCUT2D eigenvalue weighted by atomic mass is 16.2.